The molecule has 0 aliphatic heterocycles. The molecule has 1 N–H and O–H groups in total. The molecule has 1 aliphatic carbocycles. The second-order valence-electron chi connectivity index (χ2n) is 4.84. The van der Waals surface area contributed by atoms with Crippen LogP contribution in [0.1, 0.15) is 43.6 Å². The number of fused-ring (bicyclic) bond motifs is 1. The van der Waals surface area contributed by atoms with Gasteiger partial charge in [-0.1, -0.05) is 54.9 Å². The number of aliphatic hydroxyl groups is 1. The Morgan fingerprint density at radius 3 is 2.67 bits per heavy atom. The van der Waals surface area contributed by atoms with Crippen LogP contribution in [-0.4, -0.2) is 9.93 Å². The lowest BCUT2D eigenvalue weighted by atomic mass is 9.85. The van der Waals surface area contributed by atoms with Crippen LogP contribution in [0.2, 0.25) is 0 Å². The van der Waals surface area contributed by atoms with Crippen LogP contribution in [-0.2, 0) is 11.8 Å². The Labute approximate surface area is 99.6 Å². The van der Waals surface area contributed by atoms with Gasteiger partial charge in [0.05, 0.1) is 10.9 Å². The van der Waals surface area contributed by atoms with E-state index in [0.717, 1.165) is 12.0 Å². The van der Waals surface area contributed by atoms with E-state index >= 15 is 0 Å². The monoisotopic (exact) mass is 268 g/mol. The molecule has 0 radical (unpaired) electrons. The summed E-state index contributed by atoms with van der Waals surface area (Å²) in [5, 5.41) is 10.1. The highest BCUT2D eigenvalue weighted by atomic mass is 79.9. The second kappa shape index (κ2) is 3.60. The SMILES string of the molecule is CCc1ccc2c(c1)C(C)(C)C(Br)C2O. The third kappa shape index (κ3) is 1.55. The molecule has 0 heterocycles. The summed E-state index contributed by atoms with van der Waals surface area (Å²) in [6.07, 6.45) is 0.674. The first kappa shape index (κ1) is 11.2. The van der Waals surface area contributed by atoms with Crippen LogP contribution in [0.5, 0.6) is 0 Å². The highest BCUT2D eigenvalue weighted by Crippen LogP contribution is 2.48. The molecule has 2 atom stereocenters. The molecule has 0 amide bonds. The molecule has 1 aromatic rings. The van der Waals surface area contributed by atoms with Crippen LogP contribution in [0.15, 0.2) is 18.2 Å². The zero-order valence-electron chi connectivity index (χ0n) is 9.42. The normalized spacial score (nSPS) is 27.8. The second-order valence-corrected chi connectivity index (χ2v) is 5.83. The number of halogens is 1. The molecule has 0 aromatic heterocycles. The lowest BCUT2D eigenvalue weighted by molar-refractivity contribution is 0.171. The first-order valence-corrected chi connectivity index (χ1v) is 6.35. The van der Waals surface area contributed by atoms with Crippen molar-refractivity contribution in [1.29, 1.82) is 0 Å². The quantitative estimate of drug-likeness (QED) is 0.775. The standard InChI is InChI=1S/C13H17BrO/c1-4-8-5-6-9-10(7-8)13(2,3)12(14)11(9)15/h5-7,11-12,15H,4H2,1-3H3. The first-order chi connectivity index (χ1) is 6.98. The number of hydrogen-bond donors (Lipinski definition) is 1. The van der Waals surface area contributed by atoms with Crippen molar-refractivity contribution >= 4 is 15.9 Å². The molecule has 2 unspecified atom stereocenters. The summed E-state index contributed by atoms with van der Waals surface area (Å²) in [4.78, 5) is 0.118. The van der Waals surface area contributed by atoms with E-state index in [4.69, 9.17) is 0 Å². The van der Waals surface area contributed by atoms with Crippen LogP contribution in [0.25, 0.3) is 0 Å². The first-order valence-electron chi connectivity index (χ1n) is 5.44. The number of hydrogen-bond acceptors (Lipinski definition) is 1. The molecule has 0 spiro atoms. The summed E-state index contributed by atoms with van der Waals surface area (Å²) in [5.74, 6) is 0. The van der Waals surface area contributed by atoms with Crippen molar-refractivity contribution in [2.24, 2.45) is 0 Å². The van der Waals surface area contributed by atoms with E-state index < -0.39 is 0 Å². The number of rotatable bonds is 1. The number of alkyl halides is 1. The summed E-state index contributed by atoms with van der Waals surface area (Å²) in [6.45, 7) is 6.52. The predicted molar refractivity (Wildman–Crippen MR) is 66.5 cm³/mol. The number of aliphatic hydroxyl groups excluding tert-OH is 1. The van der Waals surface area contributed by atoms with Gasteiger partial charge in [-0.2, -0.15) is 0 Å². The van der Waals surface area contributed by atoms with Gasteiger partial charge in [0.2, 0.25) is 0 Å². The van der Waals surface area contributed by atoms with Crippen LogP contribution in [0.4, 0.5) is 0 Å². The minimum absolute atomic E-state index is 0.0138. The molecule has 1 nitrogen and oxygen atoms in total. The van der Waals surface area contributed by atoms with Gasteiger partial charge < -0.3 is 5.11 Å². The Bertz CT molecular complexity index is 384. The predicted octanol–water partition coefficient (Wildman–Crippen LogP) is 3.34. The van der Waals surface area contributed by atoms with Crippen LogP contribution in [0.3, 0.4) is 0 Å². The molecule has 82 valence electrons. The fourth-order valence-corrected chi connectivity index (χ4v) is 2.87. The molecule has 1 aliphatic rings. The van der Waals surface area contributed by atoms with Crippen LogP contribution >= 0.6 is 15.9 Å². The Morgan fingerprint density at radius 2 is 2.07 bits per heavy atom. The van der Waals surface area contributed by atoms with E-state index in [2.05, 4.69) is 54.9 Å². The Balaban J connectivity index is 2.57. The minimum Gasteiger partial charge on any atom is -0.387 e. The average Bonchev–Trinajstić information content (AvgIpc) is 2.40. The van der Waals surface area contributed by atoms with Crippen LogP contribution < -0.4 is 0 Å². The van der Waals surface area contributed by atoms with Gasteiger partial charge in [-0.25, -0.2) is 0 Å². The number of aryl methyl sites for hydroxylation is 1. The van der Waals surface area contributed by atoms with E-state index in [0.29, 0.717) is 0 Å². The van der Waals surface area contributed by atoms with Gasteiger partial charge in [0.25, 0.3) is 0 Å². The fraction of sp³-hybridized carbons (Fsp3) is 0.538. The van der Waals surface area contributed by atoms with Crippen LogP contribution in [0, 0.1) is 0 Å². The van der Waals surface area contributed by atoms with Gasteiger partial charge in [-0.3, -0.25) is 0 Å². The van der Waals surface area contributed by atoms with Gasteiger partial charge in [0.1, 0.15) is 0 Å². The molecule has 2 rings (SSSR count). The minimum atomic E-state index is -0.374. The van der Waals surface area contributed by atoms with Gasteiger partial charge in [0.15, 0.2) is 0 Å². The molecule has 0 saturated carbocycles. The average molecular weight is 269 g/mol. The Kier molecular flexibility index (Phi) is 2.68. The largest absolute Gasteiger partial charge is 0.387 e. The zero-order chi connectivity index (χ0) is 11.2. The van der Waals surface area contributed by atoms with Crippen molar-refractivity contribution < 1.29 is 5.11 Å². The zero-order valence-corrected chi connectivity index (χ0v) is 11.0. The van der Waals surface area contributed by atoms with Gasteiger partial charge in [0, 0.05) is 5.41 Å². The molecular formula is C13H17BrO. The summed E-state index contributed by atoms with van der Waals surface area (Å²) in [6, 6.07) is 6.42. The highest BCUT2D eigenvalue weighted by molar-refractivity contribution is 9.09. The van der Waals surface area contributed by atoms with Crippen molar-refractivity contribution in [1.82, 2.24) is 0 Å². The van der Waals surface area contributed by atoms with E-state index in [1.54, 1.807) is 0 Å². The lowest BCUT2D eigenvalue weighted by Gasteiger charge is -2.24. The maximum Gasteiger partial charge on any atom is 0.0926 e. The van der Waals surface area contributed by atoms with Crippen molar-refractivity contribution in [3.63, 3.8) is 0 Å². The molecule has 0 saturated heterocycles. The highest BCUT2D eigenvalue weighted by Gasteiger charge is 2.44. The van der Waals surface area contributed by atoms with Crippen molar-refractivity contribution in [3.8, 4) is 0 Å². The summed E-state index contributed by atoms with van der Waals surface area (Å²) < 4.78 is 0. The van der Waals surface area contributed by atoms with E-state index in [1.807, 2.05) is 0 Å². The lowest BCUT2D eigenvalue weighted by Crippen LogP contribution is -2.25. The van der Waals surface area contributed by atoms with Gasteiger partial charge in [-0.05, 0) is 23.1 Å². The molecule has 1 aromatic carbocycles. The number of benzene rings is 1. The molecule has 0 bridgehead atoms. The Morgan fingerprint density at radius 1 is 1.40 bits per heavy atom. The molecule has 15 heavy (non-hydrogen) atoms. The fourth-order valence-electron chi connectivity index (χ4n) is 2.34. The molecule has 0 fully saturated rings. The van der Waals surface area contributed by atoms with E-state index in [9.17, 15) is 5.11 Å². The molecular weight excluding hydrogens is 252 g/mol. The van der Waals surface area contributed by atoms with Gasteiger partial charge in [-0.15, -0.1) is 0 Å². The van der Waals surface area contributed by atoms with Gasteiger partial charge >= 0.3 is 0 Å². The van der Waals surface area contributed by atoms with Crippen molar-refractivity contribution in [3.05, 3.63) is 34.9 Å². The third-order valence-electron chi connectivity index (χ3n) is 3.51. The summed E-state index contributed by atoms with van der Waals surface area (Å²) >= 11 is 3.60. The van der Waals surface area contributed by atoms with E-state index in [-0.39, 0.29) is 16.3 Å². The Hall–Kier alpha value is -0.340. The van der Waals surface area contributed by atoms with Crippen molar-refractivity contribution in [2.45, 2.75) is 43.5 Å². The topological polar surface area (TPSA) is 20.2 Å². The van der Waals surface area contributed by atoms with E-state index in [1.165, 1.54) is 11.1 Å². The van der Waals surface area contributed by atoms with Crippen molar-refractivity contribution in [2.75, 3.05) is 0 Å². The third-order valence-corrected chi connectivity index (χ3v) is 5.15. The smallest absolute Gasteiger partial charge is 0.0926 e. The maximum absolute atomic E-state index is 10.1. The summed E-state index contributed by atoms with van der Waals surface area (Å²) in [7, 11) is 0. The summed E-state index contributed by atoms with van der Waals surface area (Å²) in [5.41, 5.74) is 3.73. The maximum atomic E-state index is 10.1. The molecule has 2 heteroatoms.